The molecular formula is C22H23ClFN3S. The van der Waals surface area contributed by atoms with E-state index in [0.29, 0.717) is 11.4 Å². The second kappa shape index (κ2) is 8.60. The molecule has 0 aliphatic heterocycles. The normalized spacial score (nSPS) is 13.8. The maximum Gasteiger partial charge on any atom is 0.184 e. The van der Waals surface area contributed by atoms with Gasteiger partial charge in [0.2, 0.25) is 0 Å². The summed E-state index contributed by atoms with van der Waals surface area (Å²) in [6, 6.07) is 14.3. The van der Waals surface area contributed by atoms with Gasteiger partial charge in [0, 0.05) is 42.1 Å². The topological polar surface area (TPSA) is 21.9 Å². The van der Waals surface area contributed by atoms with E-state index in [1.807, 2.05) is 36.4 Å². The average molecular weight is 416 g/mol. The molecule has 0 amide bonds. The molecule has 0 bridgehead atoms. The van der Waals surface area contributed by atoms with Gasteiger partial charge in [-0.25, -0.2) is 4.39 Å². The lowest BCUT2D eigenvalue weighted by molar-refractivity contribution is 0.570. The number of imidazole rings is 1. The summed E-state index contributed by atoms with van der Waals surface area (Å²) in [6.07, 6.45) is 5.48. The summed E-state index contributed by atoms with van der Waals surface area (Å²) in [6.45, 7) is 2.81. The van der Waals surface area contributed by atoms with Gasteiger partial charge in [-0.1, -0.05) is 23.7 Å². The first kappa shape index (κ1) is 19.4. The van der Waals surface area contributed by atoms with Crippen molar-refractivity contribution in [2.24, 2.45) is 5.92 Å². The number of halogens is 2. The van der Waals surface area contributed by atoms with Crippen molar-refractivity contribution in [1.29, 1.82) is 0 Å². The molecule has 1 aliphatic carbocycles. The van der Waals surface area contributed by atoms with Crippen molar-refractivity contribution in [2.45, 2.75) is 25.8 Å². The van der Waals surface area contributed by atoms with Crippen LogP contribution in [0.4, 0.5) is 4.39 Å². The largest absolute Gasteiger partial charge is 0.322 e. The van der Waals surface area contributed by atoms with Gasteiger partial charge < -0.3 is 9.88 Å². The summed E-state index contributed by atoms with van der Waals surface area (Å²) >= 11 is 11.8. The van der Waals surface area contributed by atoms with E-state index in [1.165, 1.54) is 25.0 Å². The zero-order chi connectivity index (χ0) is 19.5. The molecule has 146 valence electrons. The van der Waals surface area contributed by atoms with Gasteiger partial charge >= 0.3 is 0 Å². The van der Waals surface area contributed by atoms with E-state index in [9.17, 15) is 4.39 Å². The lowest BCUT2D eigenvalue weighted by Gasteiger charge is -2.09. The van der Waals surface area contributed by atoms with Crippen molar-refractivity contribution in [3.05, 3.63) is 81.6 Å². The van der Waals surface area contributed by atoms with Crippen molar-refractivity contribution in [1.82, 2.24) is 14.5 Å². The summed E-state index contributed by atoms with van der Waals surface area (Å²) in [5.74, 6) is 0.637. The second-order valence-corrected chi connectivity index (χ2v) is 8.16. The Morgan fingerprint density at radius 2 is 1.79 bits per heavy atom. The van der Waals surface area contributed by atoms with Gasteiger partial charge in [-0.2, -0.15) is 0 Å². The molecule has 2 aromatic carbocycles. The van der Waals surface area contributed by atoms with Crippen LogP contribution in [-0.4, -0.2) is 22.2 Å². The predicted octanol–water partition coefficient (Wildman–Crippen LogP) is 5.39. The third kappa shape index (κ3) is 4.72. The number of nitrogens with one attached hydrogen (secondary N) is 1. The molecule has 1 fully saturated rings. The number of nitrogens with zero attached hydrogens (tertiary/aromatic N) is 2. The lowest BCUT2D eigenvalue weighted by atomic mass is 10.1. The highest BCUT2D eigenvalue weighted by atomic mass is 35.5. The van der Waals surface area contributed by atoms with E-state index in [0.717, 1.165) is 47.3 Å². The van der Waals surface area contributed by atoms with Crippen LogP contribution < -0.4 is 5.32 Å². The molecule has 1 saturated carbocycles. The Morgan fingerprint density at radius 3 is 2.46 bits per heavy atom. The van der Waals surface area contributed by atoms with Crippen molar-refractivity contribution in [3.63, 3.8) is 0 Å². The zero-order valence-corrected chi connectivity index (χ0v) is 17.1. The Balaban J connectivity index is 1.61. The number of rotatable bonds is 8. The molecule has 0 radical (unpaired) electrons. The Kier molecular flexibility index (Phi) is 5.95. The highest BCUT2D eigenvalue weighted by Gasteiger charge is 2.20. The molecular weight excluding hydrogens is 393 g/mol. The van der Waals surface area contributed by atoms with Gasteiger partial charge in [0.1, 0.15) is 5.82 Å². The zero-order valence-electron chi connectivity index (χ0n) is 15.6. The first-order valence-corrected chi connectivity index (χ1v) is 10.4. The van der Waals surface area contributed by atoms with E-state index in [4.69, 9.17) is 23.8 Å². The third-order valence-corrected chi connectivity index (χ3v) is 5.74. The van der Waals surface area contributed by atoms with E-state index < -0.39 is 0 Å². The van der Waals surface area contributed by atoms with E-state index in [-0.39, 0.29) is 5.82 Å². The molecule has 1 aromatic heterocycles. The highest BCUT2D eigenvalue weighted by Crippen LogP contribution is 2.27. The third-order valence-electron chi connectivity index (χ3n) is 5.07. The Morgan fingerprint density at radius 1 is 1.07 bits per heavy atom. The van der Waals surface area contributed by atoms with Crippen LogP contribution >= 0.6 is 23.8 Å². The number of aromatic nitrogens is 2. The van der Waals surface area contributed by atoms with E-state index in [1.54, 1.807) is 0 Å². The first-order valence-electron chi connectivity index (χ1n) is 9.62. The van der Waals surface area contributed by atoms with Crippen LogP contribution in [-0.2, 0) is 13.0 Å². The SMILES string of the molecule is Fc1ccc(Cc2cn(CCNCC3CC3)c(=S)n2-c2ccc(Cl)cc2)cc1. The fourth-order valence-corrected chi connectivity index (χ4v) is 3.83. The minimum atomic E-state index is -0.224. The quantitative estimate of drug-likeness (QED) is 0.393. The van der Waals surface area contributed by atoms with Gasteiger partial charge in [-0.05, 0) is 79.5 Å². The maximum absolute atomic E-state index is 13.3. The molecule has 0 spiro atoms. The molecule has 3 nitrogen and oxygen atoms in total. The molecule has 1 N–H and O–H groups in total. The number of hydrogen-bond donors (Lipinski definition) is 1. The van der Waals surface area contributed by atoms with Crippen LogP contribution in [0.25, 0.3) is 5.69 Å². The molecule has 0 unspecified atom stereocenters. The molecule has 1 aliphatic rings. The molecule has 0 atom stereocenters. The minimum Gasteiger partial charge on any atom is -0.322 e. The minimum absolute atomic E-state index is 0.224. The van der Waals surface area contributed by atoms with Gasteiger partial charge in [0.25, 0.3) is 0 Å². The Hall–Kier alpha value is -1.95. The van der Waals surface area contributed by atoms with Crippen LogP contribution in [0.15, 0.2) is 54.7 Å². The standard InChI is InChI=1S/C22H23ClFN3S/c23-18-5-9-20(10-6-18)27-21(13-16-3-7-19(24)8-4-16)15-26(22(27)28)12-11-25-14-17-1-2-17/h3-10,15,17,25H,1-2,11-14H2. The Labute approximate surface area is 174 Å². The number of hydrogen-bond acceptors (Lipinski definition) is 2. The van der Waals surface area contributed by atoms with Crippen LogP contribution in [0.3, 0.4) is 0 Å². The molecule has 1 heterocycles. The molecule has 28 heavy (non-hydrogen) atoms. The first-order chi connectivity index (χ1) is 13.6. The van der Waals surface area contributed by atoms with Gasteiger partial charge in [-0.3, -0.25) is 4.57 Å². The van der Waals surface area contributed by atoms with Crippen molar-refractivity contribution in [3.8, 4) is 5.69 Å². The summed E-state index contributed by atoms with van der Waals surface area (Å²) in [5, 5.41) is 4.21. The molecule has 6 heteroatoms. The van der Waals surface area contributed by atoms with Crippen LogP contribution in [0.1, 0.15) is 24.1 Å². The van der Waals surface area contributed by atoms with Crippen molar-refractivity contribution < 1.29 is 4.39 Å². The summed E-state index contributed by atoms with van der Waals surface area (Å²) < 4.78 is 18.2. The fraction of sp³-hybridized carbons (Fsp3) is 0.318. The Bertz CT molecular complexity index is 988. The summed E-state index contributed by atoms with van der Waals surface area (Å²) in [5.41, 5.74) is 3.10. The van der Waals surface area contributed by atoms with Crippen molar-refractivity contribution in [2.75, 3.05) is 13.1 Å². The van der Waals surface area contributed by atoms with Crippen LogP contribution in [0.5, 0.6) is 0 Å². The summed E-state index contributed by atoms with van der Waals surface area (Å²) in [4.78, 5) is 0. The second-order valence-electron chi connectivity index (χ2n) is 7.36. The smallest absolute Gasteiger partial charge is 0.184 e. The molecule has 0 saturated heterocycles. The van der Waals surface area contributed by atoms with Crippen LogP contribution in [0.2, 0.25) is 5.02 Å². The lowest BCUT2D eigenvalue weighted by Crippen LogP contribution is -2.22. The van der Waals surface area contributed by atoms with Crippen molar-refractivity contribution >= 4 is 23.8 Å². The van der Waals surface area contributed by atoms with Gasteiger partial charge in [0.15, 0.2) is 4.77 Å². The van der Waals surface area contributed by atoms with E-state index in [2.05, 4.69) is 20.6 Å². The molecule has 4 rings (SSSR count). The van der Waals surface area contributed by atoms with Gasteiger partial charge in [-0.15, -0.1) is 0 Å². The highest BCUT2D eigenvalue weighted by molar-refractivity contribution is 7.71. The van der Waals surface area contributed by atoms with Gasteiger partial charge in [0.05, 0.1) is 0 Å². The fourth-order valence-electron chi connectivity index (χ4n) is 3.33. The molecule has 3 aromatic rings. The number of benzene rings is 2. The summed E-state index contributed by atoms with van der Waals surface area (Å²) in [7, 11) is 0. The van der Waals surface area contributed by atoms with E-state index >= 15 is 0 Å². The monoisotopic (exact) mass is 415 g/mol. The van der Waals surface area contributed by atoms with Crippen LogP contribution in [0, 0.1) is 16.5 Å². The maximum atomic E-state index is 13.3. The predicted molar refractivity (Wildman–Crippen MR) is 114 cm³/mol. The average Bonchev–Trinajstić information content (AvgIpc) is 3.46.